The van der Waals surface area contributed by atoms with Crippen molar-refractivity contribution in [2.24, 2.45) is 5.10 Å². The maximum atomic E-state index is 12.8. The molecule has 0 saturated carbocycles. The van der Waals surface area contributed by atoms with Gasteiger partial charge < -0.3 is 18.9 Å². The number of hydrazone groups is 1. The first-order chi connectivity index (χ1) is 16.7. The number of esters is 1. The highest BCUT2D eigenvalue weighted by atomic mass is 32.2. The number of methoxy groups -OCH3 is 2. The monoisotopic (exact) mass is 508 g/mol. The number of rotatable bonds is 9. The maximum absolute atomic E-state index is 12.8. The Morgan fingerprint density at radius 2 is 1.80 bits per heavy atom. The molecule has 1 saturated heterocycles. The van der Waals surface area contributed by atoms with Gasteiger partial charge in [0.1, 0.15) is 5.69 Å². The standard InChI is InChI=1S/C21H24N4O9S/c1-14(26)34-21-19(31-2)10-15(11-20(21)32-3)13-22-23-17-5-4-16(12-18(17)25(27)28)35(29,30)24-6-8-33-9-7-24/h4-5,10-13,23H,6-9H2,1-3H3/b22-13-. The van der Waals surface area contributed by atoms with Crippen LogP contribution in [0, 0.1) is 10.1 Å². The molecule has 188 valence electrons. The highest BCUT2D eigenvalue weighted by Crippen LogP contribution is 2.38. The molecule has 13 nitrogen and oxygen atoms in total. The van der Waals surface area contributed by atoms with Crippen LogP contribution < -0.4 is 19.6 Å². The van der Waals surface area contributed by atoms with Crippen LogP contribution in [0.15, 0.2) is 40.3 Å². The molecule has 0 bridgehead atoms. The molecule has 1 aliphatic heterocycles. The van der Waals surface area contributed by atoms with Gasteiger partial charge in [0.05, 0.1) is 43.5 Å². The van der Waals surface area contributed by atoms with Gasteiger partial charge in [-0.1, -0.05) is 0 Å². The lowest BCUT2D eigenvalue weighted by atomic mass is 10.2. The Morgan fingerprint density at radius 1 is 1.17 bits per heavy atom. The zero-order valence-corrected chi connectivity index (χ0v) is 20.0. The molecule has 3 rings (SSSR count). The van der Waals surface area contributed by atoms with E-state index < -0.39 is 26.6 Å². The van der Waals surface area contributed by atoms with Crippen LogP contribution in [0.5, 0.6) is 17.2 Å². The number of hydrogen-bond donors (Lipinski definition) is 1. The van der Waals surface area contributed by atoms with E-state index in [-0.39, 0.29) is 54.1 Å². The van der Waals surface area contributed by atoms with Crippen molar-refractivity contribution in [3.8, 4) is 17.2 Å². The number of nitro groups is 1. The summed E-state index contributed by atoms with van der Waals surface area (Å²) in [7, 11) is -1.14. The van der Waals surface area contributed by atoms with E-state index >= 15 is 0 Å². The van der Waals surface area contributed by atoms with Crippen LogP contribution in [0.1, 0.15) is 12.5 Å². The molecule has 1 heterocycles. The molecule has 1 N–H and O–H groups in total. The lowest BCUT2D eigenvalue weighted by Crippen LogP contribution is -2.40. The third-order valence-electron chi connectivity index (χ3n) is 4.90. The SMILES string of the molecule is COc1cc(/C=N\Nc2ccc(S(=O)(=O)N3CCOCC3)cc2[N+](=O)[O-])cc(OC)c1OC(C)=O. The van der Waals surface area contributed by atoms with Crippen molar-refractivity contribution in [3.63, 3.8) is 0 Å². The molecule has 0 spiro atoms. The second kappa shape index (κ2) is 11.1. The first-order valence-corrected chi connectivity index (χ1v) is 11.7. The Bertz CT molecular complexity index is 1220. The van der Waals surface area contributed by atoms with E-state index in [1.165, 1.54) is 55.9 Å². The summed E-state index contributed by atoms with van der Waals surface area (Å²) < 4.78 is 47.7. The van der Waals surface area contributed by atoms with Crippen molar-refractivity contribution in [2.45, 2.75) is 11.8 Å². The Hall–Kier alpha value is -3.75. The van der Waals surface area contributed by atoms with E-state index in [9.17, 15) is 23.3 Å². The lowest BCUT2D eigenvalue weighted by Gasteiger charge is -2.26. The Balaban J connectivity index is 1.86. The average Bonchev–Trinajstić information content (AvgIpc) is 2.84. The predicted octanol–water partition coefficient (Wildman–Crippen LogP) is 2.00. The number of anilines is 1. The van der Waals surface area contributed by atoms with Gasteiger partial charge in [-0.25, -0.2) is 8.42 Å². The number of benzene rings is 2. The van der Waals surface area contributed by atoms with Crippen molar-refractivity contribution in [2.75, 3.05) is 45.9 Å². The summed E-state index contributed by atoms with van der Waals surface area (Å²) in [6, 6.07) is 6.59. The number of sulfonamides is 1. The molecule has 0 amide bonds. The smallest absolute Gasteiger partial charge is 0.308 e. The molecule has 1 aliphatic rings. The van der Waals surface area contributed by atoms with Crippen molar-refractivity contribution >= 4 is 33.6 Å². The van der Waals surface area contributed by atoms with Crippen LogP contribution in [-0.4, -0.2) is 70.4 Å². The second-order valence-electron chi connectivity index (χ2n) is 7.17. The van der Waals surface area contributed by atoms with Crippen LogP contribution in [0.2, 0.25) is 0 Å². The first-order valence-electron chi connectivity index (χ1n) is 10.3. The van der Waals surface area contributed by atoms with Gasteiger partial charge in [-0.2, -0.15) is 9.41 Å². The number of nitrogens with zero attached hydrogens (tertiary/aromatic N) is 3. The number of morpholine rings is 1. The fourth-order valence-corrected chi connectivity index (χ4v) is 4.68. The van der Waals surface area contributed by atoms with Crippen LogP contribution >= 0.6 is 0 Å². The topological polar surface area (TPSA) is 159 Å². The molecule has 2 aromatic carbocycles. The molecule has 1 fully saturated rings. The molecule has 0 aliphatic carbocycles. The number of nitrogens with one attached hydrogen (secondary N) is 1. The minimum atomic E-state index is -3.91. The number of carbonyl (C=O) groups is 1. The Labute approximate surface area is 201 Å². The van der Waals surface area contributed by atoms with Gasteiger partial charge in [-0.3, -0.25) is 20.3 Å². The van der Waals surface area contributed by atoms with Gasteiger partial charge in [0, 0.05) is 31.6 Å². The van der Waals surface area contributed by atoms with Gasteiger partial charge in [-0.05, 0) is 24.3 Å². The van der Waals surface area contributed by atoms with Gasteiger partial charge in [0.25, 0.3) is 5.69 Å². The quantitative estimate of drug-likeness (QED) is 0.174. The van der Waals surface area contributed by atoms with Crippen molar-refractivity contribution in [1.29, 1.82) is 0 Å². The highest BCUT2D eigenvalue weighted by Gasteiger charge is 2.29. The largest absolute Gasteiger partial charge is 0.493 e. The van der Waals surface area contributed by atoms with Crippen LogP contribution in [0.25, 0.3) is 0 Å². The van der Waals surface area contributed by atoms with Crippen molar-refractivity contribution in [1.82, 2.24) is 4.31 Å². The summed E-state index contributed by atoms with van der Waals surface area (Å²) in [5.41, 5.74) is 2.55. The molecular weight excluding hydrogens is 484 g/mol. The molecule has 2 aromatic rings. The van der Waals surface area contributed by atoms with E-state index in [0.717, 1.165) is 6.07 Å². The normalized spacial score (nSPS) is 14.5. The molecule has 0 unspecified atom stereocenters. The summed E-state index contributed by atoms with van der Waals surface area (Å²) in [5, 5.41) is 15.6. The summed E-state index contributed by atoms with van der Waals surface area (Å²) in [6.45, 7) is 2.09. The zero-order chi connectivity index (χ0) is 25.6. The summed E-state index contributed by atoms with van der Waals surface area (Å²) in [4.78, 5) is 22.1. The third-order valence-corrected chi connectivity index (χ3v) is 6.80. The maximum Gasteiger partial charge on any atom is 0.308 e. The molecular formula is C21H24N4O9S. The van der Waals surface area contributed by atoms with Gasteiger partial charge >= 0.3 is 5.97 Å². The lowest BCUT2D eigenvalue weighted by molar-refractivity contribution is -0.384. The van der Waals surface area contributed by atoms with E-state index in [4.69, 9.17) is 18.9 Å². The van der Waals surface area contributed by atoms with E-state index in [1.54, 1.807) is 0 Å². The number of hydrogen-bond acceptors (Lipinski definition) is 11. The first kappa shape index (κ1) is 25.9. The predicted molar refractivity (Wildman–Crippen MR) is 125 cm³/mol. The van der Waals surface area contributed by atoms with Crippen LogP contribution in [0.4, 0.5) is 11.4 Å². The summed E-state index contributed by atoms with van der Waals surface area (Å²) >= 11 is 0. The third kappa shape index (κ3) is 6.03. The fraction of sp³-hybridized carbons (Fsp3) is 0.333. The van der Waals surface area contributed by atoms with E-state index in [1.807, 2.05) is 0 Å². The van der Waals surface area contributed by atoms with Crippen LogP contribution in [0.3, 0.4) is 0 Å². The minimum Gasteiger partial charge on any atom is -0.493 e. The van der Waals surface area contributed by atoms with Crippen molar-refractivity contribution < 1.29 is 37.1 Å². The zero-order valence-electron chi connectivity index (χ0n) is 19.2. The Morgan fingerprint density at radius 3 is 2.34 bits per heavy atom. The van der Waals surface area contributed by atoms with E-state index in [0.29, 0.717) is 5.56 Å². The van der Waals surface area contributed by atoms with Gasteiger partial charge in [0.15, 0.2) is 11.5 Å². The average molecular weight is 509 g/mol. The molecule has 0 radical (unpaired) electrons. The highest BCUT2D eigenvalue weighted by molar-refractivity contribution is 7.89. The molecule has 14 heteroatoms. The van der Waals surface area contributed by atoms with Crippen LogP contribution in [-0.2, 0) is 19.6 Å². The number of nitro benzene ring substituents is 1. The second-order valence-corrected chi connectivity index (χ2v) is 9.11. The summed E-state index contributed by atoms with van der Waals surface area (Å²) in [6.07, 6.45) is 1.34. The molecule has 35 heavy (non-hydrogen) atoms. The number of ether oxygens (including phenoxy) is 4. The Kier molecular flexibility index (Phi) is 8.22. The fourth-order valence-electron chi connectivity index (χ4n) is 3.25. The number of carbonyl (C=O) groups excluding carboxylic acids is 1. The van der Waals surface area contributed by atoms with Gasteiger partial charge in [0.2, 0.25) is 15.8 Å². The van der Waals surface area contributed by atoms with E-state index in [2.05, 4.69) is 10.5 Å². The molecule has 0 atom stereocenters. The molecule has 0 aromatic heterocycles. The van der Waals surface area contributed by atoms with Crippen molar-refractivity contribution in [3.05, 3.63) is 46.0 Å². The summed E-state index contributed by atoms with van der Waals surface area (Å²) in [5.74, 6) is -0.0364. The van der Waals surface area contributed by atoms with Gasteiger partial charge in [-0.15, -0.1) is 0 Å². The minimum absolute atomic E-state index is 0.0114.